The molecule has 0 aliphatic carbocycles. The third-order valence-corrected chi connectivity index (χ3v) is 6.77. The van der Waals surface area contributed by atoms with E-state index in [1.165, 1.54) is 64.2 Å². The Morgan fingerprint density at radius 2 is 1.88 bits per heavy atom. The molecule has 41 heavy (non-hydrogen) atoms. The molecule has 2 heterocycles. The minimum absolute atomic E-state index is 0.104. The third-order valence-electron chi connectivity index (χ3n) is 5.78. The molecule has 0 atom stereocenters. The topological polar surface area (TPSA) is 102 Å². The predicted octanol–water partition coefficient (Wildman–Crippen LogP) is 5.21. The molecule has 1 saturated heterocycles. The van der Waals surface area contributed by atoms with E-state index >= 15 is 0 Å². The van der Waals surface area contributed by atoms with Gasteiger partial charge in [-0.1, -0.05) is 48.2 Å². The zero-order chi connectivity index (χ0) is 29.0. The highest BCUT2D eigenvalue weighted by Gasteiger charge is 2.31. The number of aryl methyl sites for hydroxylation is 1. The van der Waals surface area contributed by atoms with E-state index in [0.29, 0.717) is 27.7 Å². The Morgan fingerprint density at radius 1 is 1.10 bits per heavy atom. The fourth-order valence-corrected chi connectivity index (χ4v) is 4.87. The van der Waals surface area contributed by atoms with Crippen LogP contribution in [-0.4, -0.2) is 44.9 Å². The first kappa shape index (κ1) is 27.6. The summed E-state index contributed by atoms with van der Waals surface area (Å²) in [5, 5.41) is 8.93. The number of para-hydroxylation sites is 1. The lowest BCUT2D eigenvalue weighted by Crippen LogP contribution is -2.26. The highest BCUT2D eigenvalue weighted by Crippen LogP contribution is 2.35. The van der Waals surface area contributed by atoms with Crippen LogP contribution in [0.25, 0.3) is 17.1 Å². The lowest BCUT2D eigenvalue weighted by molar-refractivity contribution is -0.274. The summed E-state index contributed by atoms with van der Waals surface area (Å²) >= 11 is 1.28. The number of hydrazone groups is 1. The van der Waals surface area contributed by atoms with Gasteiger partial charge < -0.3 is 4.74 Å². The lowest BCUT2D eigenvalue weighted by Gasteiger charge is -2.19. The van der Waals surface area contributed by atoms with E-state index in [4.69, 9.17) is 0 Å². The number of carbonyl (C=O) groups excluding carboxylic acids is 2. The van der Waals surface area contributed by atoms with Gasteiger partial charge in [-0.2, -0.15) is 5.10 Å². The van der Waals surface area contributed by atoms with Crippen molar-refractivity contribution >= 4 is 35.5 Å². The first-order chi connectivity index (χ1) is 19.7. The molecule has 2 amide bonds. The van der Waals surface area contributed by atoms with Crippen LogP contribution in [0.2, 0.25) is 0 Å². The molecule has 0 unspecified atom stereocenters. The van der Waals surface area contributed by atoms with E-state index in [1.807, 2.05) is 31.2 Å². The highest BCUT2D eigenvalue weighted by atomic mass is 32.2. The Hall–Kier alpha value is -4.91. The van der Waals surface area contributed by atoms with Crippen LogP contribution in [0.1, 0.15) is 11.1 Å². The Morgan fingerprint density at radius 3 is 2.63 bits per heavy atom. The Bertz CT molecular complexity index is 1650. The second-order valence-electron chi connectivity index (χ2n) is 8.70. The molecule has 4 aromatic rings. The molecule has 1 N–H and O–H groups in total. The van der Waals surface area contributed by atoms with Crippen molar-refractivity contribution in [2.75, 3.05) is 10.7 Å². The third kappa shape index (κ3) is 6.81. The van der Waals surface area contributed by atoms with Crippen molar-refractivity contribution < 1.29 is 27.5 Å². The summed E-state index contributed by atoms with van der Waals surface area (Å²) in [6.45, 7) is 1.90. The smallest absolute Gasteiger partial charge is 0.406 e. The molecule has 0 radical (unpaired) electrons. The van der Waals surface area contributed by atoms with Crippen molar-refractivity contribution in [1.29, 1.82) is 0 Å². The van der Waals surface area contributed by atoms with E-state index in [1.54, 1.807) is 24.3 Å². The fraction of sp³-hybridized carbons (Fsp3) is 0.107. The van der Waals surface area contributed by atoms with Crippen molar-refractivity contribution in [3.63, 3.8) is 0 Å². The number of ether oxygens (including phenoxy) is 1. The number of amides is 2. The number of nitrogens with zero attached hydrogens (tertiary/aromatic N) is 5. The van der Waals surface area contributed by atoms with Crippen molar-refractivity contribution in [3.05, 3.63) is 101 Å². The molecular formula is C28H21F3N6O3S. The summed E-state index contributed by atoms with van der Waals surface area (Å²) in [6, 6.07) is 19.8. The highest BCUT2D eigenvalue weighted by molar-refractivity contribution is 8.04. The van der Waals surface area contributed by atoms with Gasteiger partial charge >= 0.3 is 6.36 Å². The Labute approximate surface area is 236 Å². The maximum atomic E-state index is 12.5. The average Bonchev–Trinajstić information content (AvgIpc) is 3.56. The van der Waals surface area contributed by atoms with Crippen molar-refractivity contribution in [1.82, 2.24) is 20.2 Å². The molecule has 0 saturated carbocycles. The van der Waals surface area contributed by atoms with E-state index < -0.39 is 12.3 Å². The van der Waals surface area contributed by atoms with Gasteiger partial charge in [0.1, 0.15) is 12.1 Å². The number of hydrogen-bond acceptors (Lipinski definition) is 7. The summed E-state index contributed by atoms with van der Waals surface area (Å²) in [6.07, 6.45) is -0.527. The van der Waals surface area contributed by atoms with Gasteiger partial charge in [-0.3, -0.25) is 14.5 Å². The second kappa shape index (κ2) is 11.7. The zero-order valence-corrected chi connectivity index (χ0v) is 22.2. The van der Waals surface area contributed by atoms with Crippen molar-refractivity contribution in [2.24, 2.45) is 5.10 Å². The molecule has 0 spiro atoms. The maximum Gasteiger partial charge on any atom is 0.573 e. The van der Waals surface area contributed by atoms with Crippen LogP contribution in [-0.2, 0) is 9.59 Å². The summed E-state index contributed by atoms with van der Waals surface area (Å²) in [7, 11) is 0. The number of carbonyl (C=O) groups is 2. The van der Waals surface area contributed by atoms with Gasteiger partial charge in [0, 0.05) is 11.6 Å². The van der Waals surface area contributed by atoms with Gasteiger partial charge in [-0.25, -0.2) is 15.1 Å². The van der Waals surface area contributed by atoms with Gasteiger partial charge in [0.25, 0.3) is 5.91 Å². The molecule has 5 rings (SSSR count). The molecule has 1 aliphatic heterocycles. The van der Waals surface area contributed by atoms with Gasteiger partial charge in [0.15, 0.2) is 5.82 Å². The summed E-state index contributed by atoms with van der Waals surface area (Å²) in [4.78, 5) is 30.8. The number of benzene rings is 3. The maximum absolute atomic E-state index is 12.5. The SMILES string of the molecule is Cc1ccccc1N1C(=O)CS/C1=C\C(=O)N/N=C/c1cccc(-c2ncn(-c3ccc(OC(F)(F)F)cc3)n2)c1. The predicted molar refractivity (Wildman–Crippen MR) is 148 cm³/mol. The largest absolute Gasteiger partial charge is 0.573 e. The molecule has 1 aromatic heterocycles. The molecule has 1 aliphatic rings. The number of rotatable bonds is 7. The van der Waals surface area contributed by atoms with Crippen LogP contribution in [0.4, 0.5) is 18.9 Å². The van der Waals surface area contributed by atoms with Gasteiger partial charge in [0.2, 0.25) is 5.91 Å². The molecule has 1 fully saturated rings. The van der Waals surface area contributed by atoms with Crippen LogP contribution < -0.4 is 15.1 Å². The first-order valence-corrected chi connectivity index (χ1v) is 13.1. The van der Waals surface area contributed by atoms with Gasteiger partial charge in [0.05, 0.1) is 28.4 Å². The Kier molecular flexibility index (Phi) is 7.88. The van der Waals surface area contributed by atoms with Crippen LogP contribution in [0.5, 0.6) is 5.75 Å². The average molecular weight is 579 g/mol. The summed E-state index contributed by atoms with van der Waals surface area (Å²) in [5.74, 6) is -0.308. The van der Waals surface area contributed by atoms with Gasteiger partial charge in [-0.15, -0.1) is 18.3 Å². The molecule has 3 aromatic carbocycles. The van der Waals surface area contributed by atoms with E-state index in [0.717, 1.165) is 11.3 Å². The minimum atomic E-state index is -4.77. The minimum Gasteiger partial charge on any atom is -0.406 e. The lowest BCUT2D eigenvalue weighted by atomic mass is 10.1. The van der Waals surface area contributed by atoms with E-state index in [9.17, 15) is 22.8 Å². The van der Waals surface area contributed by atoms with Crippen molar-refractivity contribution in [3.8, 4) is 22.8 Å². The number of halogens is 3. The monoisotopic (exact) mass is 578 g/mol. The number of hydrogen-bond donors (Lipinski definition) is 1. The van der Waals surface area contributed by atoms with Crippen LogP contribution in [0.15, 0.2) is 95.3 Å². The number of aromatic nitrogens is 3. The van der Waals surface area contributed by atoms with E-state index in [2.05, 4.69) is 25.3 Å². The zero-order valence-electron chi connectivity index (χ0n) is 21.4. The molecule has 13 heteroatoms. The normalized spacial score (nSPS) is 14.7. The molecule has 9 nitrogen and oxygen atoms in total. The second-order valence-corrected chi connectivity index (χ2v) is 9.70. The molecular weight excluding hydrogens is 557 g/mol. The van der Waals surface area contributed by atoms with Crippen molar-refractivity contribution in [2.45, 2.75) is 13.3 Å². The summed E-state index contributed by atoms with van der Waals surface area (Å²) < 4.78 is 42.5. The van der Waals surface area contributed by atoms with Gasteiger partial charge in [-0.05, 0) is 54.4 Å². The van der Waals surface area contributed by atoms with E-state index in [-0.39, 0.29) is 17.4 Å². The standard InChI is InChI=1S/C28H21F3N6O3S/c1-18-5-2-3-8-23(18)37-25(39)16-41-26(37)14-24(38)34-33-15-19-6-4-7-20(13-19)27-32-17-36(35-27)21-9-11-22(12-10-21)40-28(29,30)31/h2-15,17H,16H2,1H3,(H,34,38)/b26-14-,33-15+. The quantitative estimate of drug-likeness (QED) is 0.184. The number of anilines is 1. The molecule has 208 valence electrons. The Balaban J connectivity index is 1.24. The van der Waals surface area contributed by atoms with Crippen LogP contribution >= 0.6 is 11.8 Å². The number of nitrogens with one attached hydrogen (secondary N) is 1. The summed E-state index contributed by atoms with van der Waals surface area (Å²) in [5.41, 5.74) is 5.91. The molecule has 0 bridgehead atoms. The number of alkyl halides is 3. The fourth-order valence-electron chi connectivity index (χ4n) is 3.95. The van der Waals surface area contributed by atoms with Crippen LogP contribution in [0, 0.1) is 6.92 Å². The number of thioether (sulfide) groups is 1. The first-order valence-electron chi connectivity index (χ1n) is 12.1. The van der Waals surface area contributed by atoms with Crippen LogP contribution in [0.3, 0.4) is 0 Å².